The summed E-state index contributed by atoms with van der Waals surface area (Å²) in [4.78, 5) is 16.6. The molecule has 4 bridgehead atoms. The van der Waals surface area contributed by atoms with Crippen LogP contribution in [0.3, 0.4) is 0 Å². The first-order chi connectivity index (χ1) is 23.7. The van der Waals surface area contributed by atoms with Gasteiger partial charge in [0, 0.05) is 78.6 Å². The van der Waals surface area contributed by atoms with E-state index < -0.39 is 23.0 Å². The third-order valence-electron chi connectivity index (χ3n) is 11.6. The van der Waals surface area contributed by atoms with Crippen LogP contribution in [0.1, 0.15) is 44.1 Å². The number of terminal acetylenes is 1. The van der Waals surface area contributed by atoms with Crippen LogP contribution in [0.2, 0.25) is 0 Å². The Bertz CT molecular complexity index is 2020. The number of nitrogens with one attached hydrogen (secondary N) is 1. The number of likely N-dealkylation sites (N-methyl/N-ethyl adjacent to an activating group) is 1. The molecule has 1 aliphatic carbocycles. The number of phenols is 1. The van der Waals surface area contributed by atoms with E-state index in [1.165, 1.54) is 43.2 Å². The third kappa shape index (κ3) is 5.27. The van der Waals surface area contributed by atoms with Crippen molar-refractivity contribution in [3.8, 4) is 35.2 Å². The number of anilines is 1. The number of aromatic hydroxyl groups is 1. The average Bonchev–Trinajstić information content (AvgIpc) is 3.71. The topological polar surface area (TPSA) is 77.0 Å². The summed E-state index contributed by atoms with van der Waals surface area (Å²) in [7, 11) is 2.20. The lowest BCUT2D eigenvalue weighted by Crippen LogP contribution is -2.54. The summed E-state index contributed by atoms with van der Waals surface area (Å²) in [6.45, 7) is 4.82. The molecule has 5 aliphatic rings. The SMILES string of the molecule is C#Cc1c(F)ccc2cc(O)cc(-c3c(F)cc4c(N5CC6CCC(C5)N6)nc(OCC5(CN6C7CCC6CN(C)C7)CC5)nc4c3F)c12. The second-order valence-electron chi connectivity index (χ2n) is 15.0. The van der Waals surface area contributed by atoms with Gasteiger partial charge in [-0.1, -0.05) is 12.0 Å². The standard InChI is InChI=1S/C38H39F3N6O2/c1-3-27-30(39)9-4-21-12-26(48)13-28(32(21)27)33-31(40)14-29-35(34(33)41)43-37(44-36(29)46-15-22-5-6-23(16-46)42-22)49-20-38(10-11-38)19-47-24-7-8-25(47)18-45(2)17-24/h1,4,9,12-14,22-25,42,48H,5-8,10-11,15-20H2,2H3. The second kappa shape index (κ2) is 11.5. The number of halogens is 3. The number of rotatable bonds is 7. The van der Waals surface area contributed by atoms with E-state index in [1.54, 1.807) is 0 Å². The van der Waals surface area contributed by atoms with E-state index in [9.17, 15) is 9.50 Å². The number of fused-ring (bicyclic) bond motifs is 6. The van der Waals surface area contributed by atoms with Gasteiger partial charge in [0.15, 0.2) is 5.82 Å². The summed E-state index contributed by atoms with van der Waals surface area (Å²) in [5.74, 6) is -0.00668. The summed E-state index contributed by atoms with van der Waals surface area (Å²) >= 11 is 0. The zero-order valence-corrected chi connectivity index (χ0v) is 27.5. The number of phenolic OH excluding ortho intramolecular Hbond substituents is 1. The molecule has 0 amide bonds. The monoisotopic (exact) mass is 668 g/mol. The maximum absolute atomic E-state index is 17.0. The van der Waals surface area contributed by atoms with Crippen molar-refractivity contribution in [1.29, 1.82) is 0 Å². The molecule has 8 nitrogen and oxygen atoms in total. The fourth-order valence-electron chi connectivity index (χ4n) is 9.03. The molecule has 1 aromatic heterocycles. The molecular weight excluding hydrogens is 629 g/mol. The number of aromatic nitrogens is 2. The van der Waals surface area contributed by atoms with Crippen LogP contribution in [0.15, 0.2) is 30.3 Å². The fraction of sp³-hybridized carbons (Fsp3) is 0.474. The third-order valence-corrected chi connectivity index (χ3v) is 11.6. The van der Waals surface area contributed by atoms with E-state index in [2.05, 4.69) is 38.0 Å². The molecule has 0 radical (unpaired) electrons. The number of piperazine rings is 2. The van der Waals surface area contributed by atoms with Crippen molar-refractivity contribution in [1.82, 2.24) is 25.1 Å². The van der Waals surface area contributed by atoms with Gasteiger partial charge in [-0.25, -0.2) is 13.2 Å². The van der Waals surface area contributed by atoms with Gasteiger partial charge in [0.25, 0.3) is 0 Å². The van der Waals surface area contributed by atoms with Crippen LogP contribution >= 0.6 is 0 Å². The summed E-state index contributed by atoms with van der Waals surface area (Å²) in [6.07, 6.45) is 12.3. The maximum Gasteiger partial charge on any atom is 0.319 e. The van der Waals surface area contributed by atoms with E-state index in [1.807, 2.05) is 0 Å². The minimum absolute atomic E-state index is 0.00787. The molecule has 49 heavy (non-hydrogen) atoms. The van der Waals surface area contributed by atoms with E-state index in [4.69, 9.17) is 16.1 Å². The molecule has 5 heterocycles. The van der Waals surface area contributed by atoms with Crippen molar-refractivity contribution in [2.75, 3.05) is 51.3 Å². The normalized spacial score (nSPS) is 26.1. The predicted molar refractivity (Wildman–Crippen MR) is 182 cm³/mol. The first kappa shape index (κ1) is 30.9. The van der Waals surface area contributed by atoms with Crippen LogP contribution in [-0.4, -0.2) is 95.4 Å². The molecule has 4 aliphatic heterocycles. The van der Waals surface area contributed by atoms with Crippen molar-refractivity contribution >= 4 is 27.5 Å². The first-order valence-corrected chi connectivity index (χ1v) is 17.4. The van der Waals surface area contributed by atoms with Crippen LogP contribution in [0.4, 0.5) is 19.0 Å². The van der Waals surface area contributed by atoms with Gasteiger partial charge in [-0.05, 0) is 75.2 Å². The Labute approximate surface area is 283 Å². The number of hydrogen-bond acceptors (Lipinski definition) is 8. The van der Waals surface area contributed by atoms with Crippen molar-refractivity contribution in [2.24, 2.45) is 5.41 Å². The van der Waals surface area contributed by atoms with Crippen molar-refractivity contribution in [2.45, 2.75) is 62.7 Å². The zero-order chi connectivity index (χ0) is 33.6. The molecule has 2 N–H and O–H groups in total. The lowest BCUT2D eigenvalue weighted by Gasteiger charge is -2.41. The first-order valence-electron chi connectivity index (χ1n) is 17.4. The van der Waals surface area contributed by atoms with E-state index in [0.717, 1.165) is 45.3 Å². The number of benzene rings is 3. The minimum atomic E-state index is -0.948. The Kier molecular flexibility index (Phi) is 7.24. The quantitative estimate of drug-likeness (QED) is 0.253. The van der Waals surface area contributed by atoms with Gasteiger partial charge in [0.05, 0.1) is 17.7 Å². The fourth-order valence-corrected chi connectivity index (χ4v) is 9.03. The molecule has 9 rings (SSSR count). The van der Waals surface area contributed by atoms with Crippen LogP contribution < -0.4 is 15.0 Å². The Hall–Kier alpha value is -4.11. The van der Waals surface area contributed by atoms with E-state index in [0.29, 0.717) is 43.0 Å². The highest BCUT2D eigenvalue weighted by Crippen LogP contribution is 2.49. The molecular formula is C38H39F3N6O2. The lowest BCUT2D eigenvalue weighted by atomic mass is 9.92. The molecule has 4 aromatic rings. The Balaban J connectivity index is 1.13. The smallest absolute Gasteiger partial charge is 0.319 e. The molecule has 0 spiro atoms. The Morgan fingerprint density at radius 2 is 1.71 bits per heavy atom. The van der Waals surface area contributed by atoms with Crippen molar-refractivity contribution < 1.29 is 23.0 Å². The van der Waals surface area contributed by atoms with E-state index >= 15 is 8.78 Å². The summed E-state index contributed by atoms with van der Waals surface area (Å²) < 4.78 is 54.6. The number of nitrogens with zero attached hydrogens (tertiary/aromatic N) is 5. The molecule has 11 heteroatoms. The maximum atomic E-state index is 17.0. The van der Waals surface area contributed by atoms with Gasteiger partial charge in [-0.15, -0.1) is 6.42 Å². The molecule has 4 unspecified atom stereocenters. The molecule has 4 saturated heterocycles. The van der Waals surface area contributed by atoms with E-state index in [-0.39, 0.29) is 56.7 Å². The van der Waals surface area contributed by atoms with Crippen LogP contribution in [0, 0.1) is 35.2 Å². The highest BCUT2D eigenvalue weighted by atomic mass is 19.1. The highest BCUT2D eigenvalue weighted by Gasteiger charge is 2.50. The van der Waals surface area contributed by atoms with Gasteiger partial charge < -0.3 is 25.0 Å². The van der Waals surface area contributed by atoms with Crippen molar-refractivity contribution in [3.05, 3.63) is 53.3 Å². The molecule has 3 aromatic carbocycles. The van der Waals surface area contributed by atoms with Crippen molar-refractivity contribution in [3.63, 3.8) is 0 Å². The van der Waals surface area contributed by atoms with Crippen LogP contribution in [-0.2, 0) is 0 Å². The minimum Gasteiger partial charge on any atom is -0.508 e. The van der Waals surface area contributed by atoms with Gasteiger partial charge in [-0.2, -0.15) is 9.97 Å². The van der Waals surface area contributed by atoms with Gasteiger partial charge >= 0.3 is 6.01 Å². The second-order valence-corrected chi connectivity index (χ2v) is 15.0. The molecule has 254 valence electrons. The highest BCUT2D eigenvalue weighted by molar-refractivity contribution is 6.04. The predicted octanol–water partition coefficient (Wildman–Crippen LogP) is 5.43. The van der Waals surface area contributed by atoms with Gasteiger partial charge in [0.1, 0.15) is 28.7 Å². The zero-order valence-electron chi connectivity index (χ0n) is 27.5. The number of likely N-dealkylation sites (tertiary alicyclic amines) is 1. The van der Waals surface area contributed by atoms with Gasteiger partial charge in [0.2, 0.25) is 0 Å². The molecule has 4 atom stereocenters. The lowest BCUT2D eigenvalue weighted by molar-refractivity contribution is 0.0517. The Morgan fingerprint density at radius 1 is 0.980 bits per heavy atom. The summed E-state index contributed by atoms with van der Waals surface area (Å²) in [5.41, 5.74) is -0.749. The van der Waals surface area contributed by atoms with Crippen LogP contribution in [0.5, 0.6) is 11.8 Å². The largest absolute Gasteiger partial charge is 0.508 e. The number of ether oxygens (including phenoxy) is 1. The summed E-state index contributed by atoms with van der Waals surface area (Å²) in [5, 5.41) is 14.9. The van der Waals surface area contributed by atoms with Crippen LogP contribution in [0.25, 0.3) is 32.8 Å². The number of hydrogen-bond donors (Lipinski definition) is 2. The average molecular weight is 669 g/mol. The summed E-state index contributed by atoms with van der Waals surface area (Å²) in [6, 6.07) is 8.14. The van der Waals surface area contributed by atoms with Gasteiger partial charge in [-0.3, -0.25) is 4.90 Å². The molecule has 5 fully saturated rings. The Morgan fingerprint density at radius 3 is 2.41 bits per heavy atom. The molecule has 1 saturated carbocycles.